The predicted molar refractivity (Wildman–Crippen MR) is 117 cm³/mol. The topological polar surface area (TPSA) is 77.3 Å². The molecule has 0 bridgehead atoms. The van der Waals surface area contributed by atoms with E-state index in [0.717, 1.165) is 24.9 Å². The second-order valence-electron chi connectivity index (χ2n) is 7.92. The first-order valence-electron chi connectivity index (χ1n) is 10.6. The van der Waals surface area contributed by atoms with Crippen molar-refractivity contribution in [3.05, 3.63) is 66.6 Å². The Kier molecular flexibility index (Phi) is 6.11. The van der Waals surface area contributed by atoms with Gasteiger partial charge >= 0.3 is 5.97 Å². The summed E-state index contributed by atoms with van der Waals surface area (Å²) in [6.45, 7) is 3.80. The maximum atomic E-state index is 13.0. The third-order valence-corrected chi connectivity index (χ3v) is 5.70. The van der Waals surface area contributed by atoms with Crippen molar-refractivity contribution in [2.75, 3.05) is 6.61 Å². The second-order valence-corrected chi connectivity index (χ2v) is 7.92. The van der Waals surface area contributed by atoms with E-state index in [1.807, 2.05) is 55.1 Å². The van der Waals surface area contributed by atoms with E-state index in [2.05, 4.69) is 10.1 Å². The van der Waals surface area contributed by atoms with Crippen LogP contribution >= 0.6 is 0 Å². The Morgan fingerprint density at radius 3 is 2.48 bits per heavy atom. The Morgan fingerprint density at radius 2 is 1.81 bits per heavy atom. The first-order chi connectivity index (χ1) is 15.0. The van der Waals surface area contributed by atoms with Gasteiger partial charge in [-0.05, 0) is 57.4 Å². The average Bonchev–Trinajstić information content (AvgIpc) is 3.24. The number of likely N-dealkylation sites (tertiary alicyclic amines) is 1. The molecule has 0 radical (unpaired) electrons. The van der Waals surface area contributed by atoms with Crippen molar-refractivity contribution >= 4 is 11.9 Å². The molecule has 0 N–H and O–H groups in total. The van der Waals surface area contributed by atoms with Gasteiger partial charge in [0.1, 0.15) is 11.3 Å². The highest BCUT2D eigenvalue weighted by atomic mass is 16.5. The van der Waals surface area contributed by atoms with Crippen LogP contribution in [0.15, 0.2) is 61.1 Å². The standard InChI is InChI=1S/C24H26N4O3/c1-17-8-6-9-18(2)28(17)22(29)16-31-24(30)21-15-27(20-11-4-3-5-12-20)26-23(21)19-10-7-13-25-14-19/h3-5,7,10-15,17-18H,6,8-9,16H2,1-2H3. The average molecular weight is 418 g/mol. The number of ether oxygens (including phenoxy) is 1. The number of carbonyl (C=O) groups excluding carboxylic acids is 2. The van der Waals surface area contributed by atoms with Crippen molar-refractivity contribution in [2.24, 2.45) is 0 Å². The molecule has 160 valence electrons. The minimum Gasteiger partial charge on any atom is -0.452 e. The Bertz CT molecular complexity index is 1040. The van der Waals surface area contributed by atoms with Crippen molar-refractivity contribution < 1.29 is 14.3 Å². The fraction of sp³-hybridized carbons (Fsp3) is 0.333. The molecule has 0 saturated carbocycles. The van der Waals surface area contributed by atoms with E-state index in [0.29, 0.717) is 16.8 Å². The van der Waals surface area contributed by atoms with Gasteiger partial charge in [-0.15, -0.1) is 0 Å². The number of pyridine rings is 1. The van der Waals surface area contributed by atoms with Crippen LogP contribution in [-0.4, -0.2) is 50.2 Å². The van der Waals surface area contributed by atoms with Gasteiger partial charge < -0.3 is 9.64 Å². The van der Waals surface area contributed by atoms with Gasteiger partial charge in [-0.25, -0.2) is 9.48 Å². The van der Waals surface area contributed by atoms with Crippen LogP contribution in [0, 0.1) is 0 Å². The fourth-order valence-corrected chi connectivity index (χ4v) is 4.14. The highest BCUT2D eigenvalue weighted by Crippen LogP contribution is 2.25. The van der Waals surface area contributed by atoms with E-state index < -0.39 is 5.97 Å². The smallest absolute Gasteiger partial charge is 0.342 e. The molecule has 1 fully saturated rings. The SMILES string of the molecule is CC1CCCC(C)N1C(=O)COC(=O)c1cn(-c2ccccc2)nc1-c1cccnc1. The zero-order chi connectivity index (χ0) is 21.8. The van der Waals surface area contributed by atoms with E-state index in [9.17, 15) is 9.59 Å². The molecule has 0 spiro atoms. The van der Waals surface area contributed by atoms with Crippen molar-refractivity contribution in [3.63, 3.8) is 0 Å². The molecule has 7 nitrogen and oxygen atoms in total. The summed E-state index contributed by atoms with van der Waals surface area (Å²) in [5.74, 6) is -0.738. The molecule has 2 aromatic heterocycles. The highest BCUT2D eigenvalue weighted by Gasteiger charge is 2.30. The van der Waals surface area contributed by atoms with Crippen LogP contribution in [0.2, 0.25) is 0 Å². The minimum absolute atomic E-state index is 0.154. The van der Waals surface area contributed by atoms with Gasteiger partial charge in [0.2, 0.25) is 0 Å². The lowest BCUT2D eigenvalue weighted by Gasteiger charge is -2.38. The molecule has 0 aliphatic carbocycles. The molecular formula is C24H26N4O3. The molecule has 1 aliphatic rings. The zero-order valence-electron chi connectivity index (χ0n) is 17.8. The minimum atomic E-state index is -0.577. The number of benzene rings is 1. The number of aromatic nitrogens is 3. The second kappa shape index (κ2) is 9.12. The maximum absolute atomic E-state index is 13.0. The Hall–Kier alpha value is -3.48. The number of hydrogen-bond donors (Lipinski definition) is 0. The quantitative estimate of drug-likeness (QED) is 0.588. The molecule has 2 unspecified atom stereocenters. The molecule has 3 heterocycles. The molecule has 1 aliphatic heterocycles. The fourth-order valence-electron chi connectivity index (χ4n) is 4.14. The number of hydrogen-bond acceptors (Lipinski definition) is 5. The van der Waals surface area contributed by atoms with Crippen LogP contribution in [0.5, 0.6) is 0 Å². The third-order valence-electron chi connectivity index (χ3n) is 5.70. The van der Waals surface area contributed by atoms with Crippen molar-refractivity contribution in [1.82, 2.24) is 19.7 Å². The van der Waals surface area contributed by atoms with E-state index in [-0.39, 0.29) is 24.6 Å². The van der Waals surface area contributed by atoms with Gasteiger partial charge in [0.15, 0.2) is 6.61 Å². The maximum Gasteiger partial charge on any atom is 0.342 e. The lowest BCUT2D eigenvalue weighted by Crippen LogP contribution is -2.49. The molecule has 4 rings (SSSR count). The first-order valence-corrected chi connectivity index (χ1v) is 10.6. The van der Waals surface area contributed by atoms with E-state index in [1.165, 1.54) is 0 Å². The van der Waals surface area contributed by atoms with Crippen LogP contribution in [0.4, 0.5) is 0 Å². The number of piperidine rings is 1. The van der Waals surface area contributed by atoms with Gasteiger partial charge in [0, 0.05) is 36.2 Å². The number of rotatable bonds is 5. The van der Waals surface area contributed by atoms with Crippen molar-refractivity contribution in [3.8, 4) is 16.9 Å². The lowest BCUT2D eigenvalue weighted by atomic mass is 9.97. The monoisotopic (exact) mass is 418 g/mol. The van der Waals surface area contributed by atoms with Crippen LogP contribution < -0.4 is 0 Å². The summed E-state index contributed by atoms with van der Waals surface area (Å²) in [5, 5.41) is 4.59. The Morgan fingerprint density at radius 1 is 1.06 bits per heavy atom. The van der Waals surface area contributed by atoms with Crippen LogP contribution in [0.1, 0.15) is 43.5 Å². The molecule has 3 aromatic rings. The van der Waals surface area contributed by atoms with Gasteiger partial charge in [0.05, 0.1) is 5.69 Å². The van der Waals surface area contributed by atoms with Gasteiger partial charge in [-0.2, -0.15) is 5.10 Å². The van der Waals surface area contributed by atoms with Gasteiger partial charge in [-0.3, -0.25) is 9.78 Å². The number of esters is 1. The highest BCUT2D eigenvalue weighted by molar-refractivity contribution is 5.97. The predicted octanol–water partition coefficient (Wildman–Crippen LogP) is 3.88. The molecule has 7 heteroatoms. The summed E-state index contributed by atoms with van der Waals surface area (Å²) in [6.07, 6.45) is 8.00. The molecule has 1 saturated heterocycles. The summed E-state index contributed by atoms with van der Waals surface area (Å²) < 4.78 is 7.08. The third kappa shape index (κ3) is 4.50. The Labute approximate surface area is 181 Å². The van der Waals surface area contributed by atoms with E-state index in [4.69, 9.17) is 4.74 Å². The van der Waals surface area contributed by atoms with Crippen LogP contribution in [0.25, 0.3) is 16.9 Å². The molecule has 2 atom stereocenters. The molecule has 1 aromatic carbocycles. The number of amides is 1. The normalized spacial score (nSPS) is 18.6. The zero-order valence-corrected chi connectivity index (χ0v) is 17.8. The number of carbonyl (C=O) groups is 2. The first kappa shape index (κ1) is 20.8. The van der Waals surface area contributed by atoms with E-state index in [1.54, 1.807) is 29.3 Å². The van der Waals surface area contributed by atoms with Crippen LogP contribution in [0.3, 0.4) is 0 Å². The van der Waals surface area contributed by atoms with E-state index >= 15 is 0 Å². The molecule has 31 heavy (non-hydrogen) atoms. The van der Waals surface area contributed by atoms with Crippen LogP contribution in [-0.2, 0) is 9.53 Å². The number of nitrogens with zero attached hydrogens (tertiary/aromatic N) is 4. The summed E-state index contributed by atoms with van der Waals surface area (Å²) >= 11 is 0. The van der Waals surface area contributed by atoms with Gasteiger partial charge in [0.25, 0.3) is 5.91 Å². The summed E-state index contributed by atoms with van der Waals surface area (Å²) in [7, 11) is 0. The molecular weight excluding hydrogens is 392 g/mol. The van der Waals surface area contributed by atoms with Crippen molar-refractivity contribution in [2.45, 2.75) is 45.2 Å². The molecule has 1 amide bonds. The number of para-hydroxylation sites is 1. The summed E-state index contributed by atoms with van der Waals surface area (Å²) in [5.41, 5.74) is 2.28. The summed E-state index contributed by atoms with van der Waals surface area (Å²) in [6, 6.07) is 13.5. The lowest BCUT2D eigenvalue weighted by molar-refractivity contribution is -0.140. The van der Waals surface area contributed by atoms with Gasteiger partial charge in [-0.1, -0.05) is 18.2 Å². The van der Waals surface area contributed by atoms with Crippen molar-refractivity contribution in [1.29, 1.82) is 0 Å². The largest absolute Gasteiger partial charge is 0.452 e. The Balaban J connectivity index is 1.57. The summed E-state index contributed by atoms with van der Waals surface area (Å²) in [4.78, 5) is 31.7.